The van der Waals surface area contributed by atoms with Gasteiger partial charge < -0.3 is 9.84 Å². The number of unbranched alkanes of at least 4 members (excludes halogenated alkanes) is 1. The van der Waals surface area contributed by atoms with E-state index in [2.05, 4.69) is 0 Å². The highest BCUT2D eigenvalue weighted by molar-refractivity contribution is 5.79. The fourth-order valence-corrected chi connectivity index (χ4v) is 1.64. The summed E-state index contributed by atoms with van der Waals surface area (Å²) in [5.41, 5.74) is 0.760. The number of ether oxygens (including phenoxy) is 1. The van der Waals surface area contributed by atoms with Crippen molar-refractivity contribution in [3.8, 4) is 5.75 Å². The Kier molecular flexibility index (Phi) is 5.70. The molecule has 0 heterocycles. The molecule has 0 aliphatic carbocycles. The molecule has 3 heteroatoms. The Morgan fingerprint density at radius 3 is 2.53 bits per heavy atom. The third-order valence-corrected chi connectivity index (χ3v) is 2.73. The monoisotopic (exact) mass is 236 g/mol. The maximum Gasteiger partial charge on any atom is 0.135 e. The highest BCUT2D eigenvalue weighted by Crippen LogP contribution is 2.21. The second-order valence-electron chi connectivity index (χ2n) is 4.14. The predicted octanol–water partition coefficient (Wildman–Crippen LogP) is 2.88. The van der Waals surface area contributed by atoms with Gasteiger partial charge in [-0.25, -0.2) is 0 Å². The van der Waals surface area contributed by atoms with E-state index < -0.39 is 6.10 Å². The van der Waals surface area contributed by atoms with Crippen LogP contribution in [-0.4, -0.2) is 18.0 Å². The van der Waals surface area contributed by atoms with E-state index in [4.69, 9.17) is 4.74 Å². The van der Waals surface area contributed by atoms with Crippen molar-refractivity contribution in [2.24, 2.45) is 0 Å². The smallest absolute Gasteiger partial charge is 0.135 e. The zero-order valence-electron chi connectivity index (χ0n) is 10.5. The Balaban J connectivity index is 2.51. The summed E-state index contributed by atoms with van der Waals surface area (Å²) in [5, 5.41) is 9.89. The van der Waals surface area contributed by atoms with Gasteiger partial charge in [-0.05, 0) is 24.1 Å². The Labute approximate surface area is 102 Å². The first kappa shape index (κ1) is 13.7. The number of benzene rings is 1. The molecule has 1 atom stereocenters. The summed E-state index contributed by atoms with van der Waals surface area (Å²) in [6.07, 6.45) is 1.96. The molecule has 0 saturated heterocycles. The van der Waals surface area contributed by atoms with Crippen molar-refractivity contribution in [1.82, 2.24) is 0 Å². The third kappa shape index (κ3) is 4.57. The molecule has 0 radical (unpaired) electrons. The molecule has 1 aromatic rings. The van der Waals surface area contributed by atoms with E-state index in [0.717, 1.165) is 24.2 Å². The molecule has 0 saturated carbocycles. The topological polar surface area (TPSA) is 46.5 Å². The van der Waals surface area contributed by atoms with Crippen molar-refractivity contribution in [3.63, 3.8) is 0 Å². The van der Waals surface area contributed by atoms with Crippen LogP contribution >= 0.6 is 0 Å². The molecular weight excluding hydrogens is 216 g/mol. The minimum atomic E-state index is -0.703. The van der Waals surface area contributed by atoms with E-state index in [1.54, 1.807) is 31.4 Å². The average Bonchev–Trinajstić information content (AvgIpc) is 2.36. The molecule has 0 bridgehead atoms. The van der Waals surface area contributed by atoms with Crippen LogP contribution in [0.4, 0.5) is 0 Å². The van der Waals surface area contributed by atoms with Crippen LogP contribution in [0.5, 0.6) is 5.75 Å². The molecule has 0 spiro atoms. The van der Waals surface area contributed by atoms with Crippen LogP contribution in [0.2, 0.25) is 0 Å². The number of rotatable bonds is 7. The lowest BCUT2D eigenvalue weighted by molar-refractivity contribution is -0.121. The lowest BCUT2D eigenvalue weighted by Gasteiger charge is -2.10. The third-order valence-electron chi connectivity index (χ3n) is 2.73. The first-order valence-electron chi connectivity index (χ1n) is 6.01. The van der Waals surface area contributed by atoms with Gasteiger partial charge in [0.25, 0.3) is 0 Å². The Morgan fingerprint density at radius 2 is 2.00 bits per heavy atom. The molecular formula is C14H20O3. The summed E-state index contributed by atoms with van der Waals surface area (Å²) >= 11 is 0. The molecule has 0 aromatic heterocycles. The van der Waals surface area contributed by atoms with Gasteiger partial charge in [-0.1, -0.05) is 25.5 Å². The molecule has 0 aliphatic rings. The number of aliphatic hydroxyl groups excluding tert-OH is 1. The Hall–Kier alpha value is -1.35. The summed E-state index contributed by atoms with van der Waals surface area (Å²) in [6, 6.07) is 7.15. The fourth-order valence-electron chi connectivity index (χ4n) is 1.64. The number of carbonyl (C=O) groups excluding carboxylic acids is 1. The second-order valence-corrected chi connectivity index (χ2v) is 4.14. The lowest BCUT2D eigenvalue weighted by atomic mass is 10.0. The summed E-state index contributed by atoms with van der Waals surface area (Å²) in [4.78, 5) is 11.5. The van der Waals surface area contributed by atoms with Crippen molar-refractivity contribution < 1.29 is 14.6 Å². The Morgan fingerprint density at radius 1 is 1.35 bits per heavy atom. The van der Waals surface area contributed by atoms with Gasteiger partial charge >= 0.3 is 0 Å². The number of Topliss-reactive ketones (excluding diaryl/α,β-unsaturated/α-hetero) is 1. The fraction of sp³-hybridized carbons (Fsp3) is 0.500. The largest absolute Gasteiger partial charge is 0.497 e. The van der Waals surface area contributed by atoms with E-state index in [9.17, 15) is 9.90 Å². The minimum Gasteiger partial charge on any atom is -0.497 e. The van der Waals surface area contributed by atoms with E-state index >= 15 is 0 Å². The number of methoxy groups -OCH3 is 1. The highest BCUT2D eigenvalue weighted by Gasteiger charge is 2.12. The molecule has 3 nitrogen and oxygen atoms in total. The van der Waals surface area contributed by atoms with Crippen LogP contribution in [0.15, 0.2) is 24.3 Å². The van der Waals surface area contributed by atoms with Crippen LogP contribution < -0.4 is 4.74 Å². The average molecular weight is 236 g/mol. The zero-order valence-corrected chi connectivity index (χ0v) is 10.5. The number of hydrogen-bond donors (Lipinski definition) is 1. The first-order valence-corrected chi connectivity index (χ1v) is 6.01. The van der Waals surface area contributed by atoms with Gasteiger partial charge in [-0.15, -0.1) is 0 Å². The predicted molar refractivity (Wildman–Crippen MR) is 67.1 cm³/mol. The number of hydrogen-bond acceptors (Lipinski definition) is 3. The summed E-state index contributed by atoms with van der Waals surface area (Å²) in [5.74, 6) is 0.869. The summed E-state index contributed by atoms with van der Waals surface area (Å²) in [7, 11) is 1.60. The molecule has 17 heavy (non-hydrogen) atoms. The molecule has 0 amide bonds. The van der Waals surface area contributed by atoms with Gasteiger partial charge in [0.15, 0.2) is 0 Å². The van der Waals surface area contributed by atoms with Crippen molar-refractivity contribution in [2.75, 3.05) is 7.11 Å². The normalized spacial score (nSPS) is 12.2. The molecule has 94 valence electrons. The molecule has 0 aliphatic heterocycles. The molecule has 1 rings (SSSR count). The van der Waals surface area contributed by atoms with Crippen molar-refractivity contribution >= 4 is 5.78 Å². The van der Waals surface area contributed by atoms with Crippen LogP contribution in [0, 0.1) is 0 Å². The highest BCUT2D eigenvalue weighted by atomic mass is 16.5. The standard InChI is InChI=1S/C14H20O3/c1-3-4-5-12(15)10-14(16)11-6-8-13(17-2)9-7-11/h6-9,14,16H,3-5,10H2,1-2H3/t14-/m1/s1. The lowest BCUT2D eigenvalue weighted by Crippen LogP contribution is -2.06. The van der Waals surface area contributed by atoms with E-state index in [1.807, 2.05) is 6.92 Å². The van der Waals surface area contributed by atoms with E-state index in [-0.39, 0.29) is 12.2 Å². The maximum atomic E-state index is 11.5. The minimum absolute atomic E-state index is 0.121. The van der Waals surface area contributed by atoms with Crippen LogP contribution in [0.1, 0.15) is 44.3 Å². The van der Waals surface area contributed by atoms with Crippen LogP contribution in [0.25, 0.3) is 0 Å². The molecule has 1 aromatic carbocycles. The number of ketones is 1. The Bertz CT molecular complexity index is 343. The van der Waals surface area contributed by atoms with E-state index in [1.165, 1.54) is 0 Å². The van der Waals surface area contributed by atoms with Crippen molar-refractivity contribution in [3.05, 3.63) is 29.8 Å². The quantitative estimate of drug-likeness (QED) is 0.791. The molecule has 0 unspecified atom stereocenters. The van der Waals surface area contributed by atoms with Gasteiger partial charge in [-0.2, -0.15) is 0 Å². The van der Waals surface area contributed by atoms with Gasteiger partial charge in [0.1, 0.15) is 11.5 Å². The van der Waals surface area contributed by atoms with Crippen molar-refractivity contribution in [1.29, 1.82) is 0 Å². The van der Waals surface area contributed by atoms with Gasteiger partial charge in [0.2, 0.25) is 0 Å². The zero-order chi connectivity index (χ0) is 12.7. The van der Waals surface area contributed by atoms with Gasteiger partial charge in [-0.3, -0.25) is 4.79 Å². The van der Waals surface area contributed by atoms with Gasteiger partial charge in [0.05, 0.1) is 13.2 Å². The maximum absolute atomic E-state index is 11.5. The first-order chi connectivity index (χ1) is 8.17. The number of carbonyl (C=O) groups is 1. The molecule has 0 fully saturated rings. The SMILES string of the molecule is CCCCC(=O)C[C@@H](O)c1ccc(OC)cc1. The van der Waals surface area contributed by atoms with Crippen LogP contribution in [-0.2, 0) is 4.79 Å². The second kappa shape index (κ2) is 7.07. The summed E-state index contributed by atoms with van der Waals surface area (Å²) < 4.78 is 5.03. The van der Waals surface area contributed by atoms with Crippen LogP contribution in [0.3, 0.4) is 0 Å². The molecule has 1 N–H and O–H groups in total. The van der Waals surface area contributed by atoms with Gasteiger partial charge in [0, 0.05) is 12.8 Å². The van der Waals surface area contributed by atoms with E-state index in [0.29, 0.717) is 6.42 Å². The summed E-state index contributed by atoms with van der Waals surface area (Å²) in [6.45, 7) is 2.05. The number of aliphatic hydroxyl groups is 1. The van der Waals surface area contributed by atoms with Crippen molar-refractivity contribution in [2.45, 2.75) is 38.7 Å².